The van der Waals surface area contributed by atoms with E-state index in [4.69, 9.17) is 14.6 Å². The lowest BCUT2D eigenvalue weighted by atomic mass is 9.95. The Morgan fingerprint density at radius 1 is 1.42 bits per heavy atom. The van der Waals surface area contributed by atoms with Crippen LogP contribution in [-0.2, 0) is 19.1 Å². The fourth-order valence-corrected chi connectivity index (χ4v) is 2.13. The Balaban J connectivity index is 2.25. The van der Waals surface area contributed by atoms with Crippen LogP contribution in [0.3, 0.4) is 0 Å². The van der Waals surface area contributed by atoms with E-state index >= 15 is 0 Å². The summed E-state index contributed by atoms with van der Waals surface area (Å²) in [5.41, 5.74) is 0. The number of hydrogen-bond acceptors (Lipinski definition) is 4. The minimum absolute atomic E-state index is 0.199. The van der Waals surface area contributed by atoms with Crippen LogP contribution in [0, 0.1) is 5.92 Å². The highest BCUT2D eigenvalue weighted by Gasteiger charge is 2.20. The third kappa shape index (κ3) is 6.54. The van der Waals surface area contributed by atoms with Crippen LogP contribution in [0.5, 0.6) is 0 Å². The van der Waals surface area contributed by atoms with Gasteiger partial charge in [-0.1, -0.05) is 0 Å². The fourth-order valence-electron chi connectivity index (χ4n) is 2.13. The summed E-state index contributed by atoms with van der Waals surface area (Å²) in [5, 5.41) is 11.5. The van der Waals surface area contributed by atoms with Gasteiger partial charge in [0, 0.05) is 39.8 Å². The van der Waals surface area contributed by atoms with Crippen LogP contribution < -0.4 is 5.32 Å². The van der Waals surface area contributed by atoms with E-state index in [0.29, 0.717) is 18.9 Å². The zero-order valence-corrected chi connectivity index (χ0v) is 11.4. The molecule has 6 nitrogen and oxygen atoms in total. The molecule has 1 unspecified atom stereocenters. The Labute approximate surface area is 113 Å². The van der Waals surface area contributed by atoms with Crippen LogP contribution in [0.2, 0.25) is 0 Å². The van der Waals surface area contributed by atoms with E-state index in [-0.39, 0.29) is 12.3 Å². The Morgan fingerprint density at radius 2 is 2.11 bits per heavy atom. The third-order valence-corrected chi connectivity index (χ3v) is 3.36. The van der Waals surface area contributed by atoms with Crippen molar-refractivity contribution < 1.29 is 24.2 Å². The normalized spacial score (nSPS) is 17.9. The van der Waals surface area contributed by atoms with Gasteiger partial charge in [-0.3, -0.25) is 4.79 Å². The molecule has 1 heterocycles. The molecule has 0 spiro atoms. The zero-order valence-electron chi connectivity index (χ0n) is 11.4. The van der Waals surface area contributed by atoms with Crippen molar-refractivity contribution in [3.05, 3.63) is 0 Å². The van der Waals surface area contributed by atoms with Crippen molar-refractivity contribution in [1.29, 1.82) is 0 Å². The lowest BCUT2D eigenvalue weighted by Gasteiger charge is -2.22. The molecule has 0 aromatic carbocycles. The van der Waals surface area contributed by atoms with Gasteiger partial charge in [-0.15, -0.1) is 0 Å². The minimum Gasteiger partial charge on any atom is -0.480 e. The summed E-state index contributed by atoms with van der Waals surface area (Å²) in [6.45, 7) is 1.84. The van der Waals surface area contributed by atoms with Gasteiger partial charge >= 0.3 is 5.97 Å². The molecule has 1 fully saturated rings. The van der Waals surface area contributed by atoms with Gasteiger partial charge in [0.2, 0.25) is 5.91 Å². The van der Waals surface area contributed by atoms with Crippen molar-refractivity contribution in [1.82, 2.24) is 5.32 Å². The molecule has 110 valence electrons. The third-order valence-electron chi connectivity index (χ3n) is 3.36. The van der Waals surface area contributed by atoms with Crippen LogP contribution in [0.25, 0.3) is 0 Å². The number of carboxylic acid groups (broad SMARTS) is 1. The molecule has 0 bridgehead atoms. The van der Waals surface area contributed by atoms with Gasteiger partial charge in [-0.25, -0.2) is 4.79 Å². The second kappa shape index (κ2) is 8.87. The molecule has 1 saturated heterocycles. The Hall–Kier alpha value is -1.14. The molecule has 0 saturated carbocycles. The smallest absolute Gasteiger partial charge is 0.326 e. The molecule has 1 atom stereocenters. The monoisotopic (exact) mass is 273 g/mol. The number of carboxylic acids is 1. The number of carbonyl (C=O) groups is 2. The van der Waals surface area contributed by atoms with Crippen molar-refractivity contribution >= 4 is 11.9 Å². The van der Waals surface area contributed by atoms with E-state index in [9.17, 15) is 9.59 Å². The van der Waals surface area contributed by atoms with Crippen molar-refractivity contribution in [3.63, 3.8) is 0 Å². The predicted molar refractivity (Wildman–Crippen MR) is 68.8 cm³/mol. The van der Waals surface area contributed by atoms with Gasteiger partial charge in [0.25, 0.3) is 0 Å². The van der Waals surface area contributed by atoms with Crippen LogP contribution in [0.4, 0.5) is 0 Å². The summed E-state index contributed by atoms with van der Waals surface area (Å²) in [6, 6.07) is -0.859. The average molecular weight is 273 g/mol. The molecule has 1 aliphatic heterocycles. The van der Waals surface area contributed by atoms with Crippen molar-refractivity contribution in [2.75, 3.05) is 26.9 Å². The molecule has 0 radical (unpaired) electrons. The van der Waals surface area contributed by atoms with Gasteiger partial charge in [0.15, 0.2) is 0 Å². The molecular weight excluding hydrogens is 250 g/mol. The Bertz CT molecular complexity index is 289. The zero-order chi connectivity index (χ0) is 14.1. The van der Waals surface area contributed by atoms with Gasteiger partial charge in [0.05, 0.1) is 0 Å². The number of ether oxygens (including phenoxy) is 2. The second-order valence-corrected chi connectivity index (χ2v) is 4.83. The first-order valence-corrected chi connectivity index (χ1v) is 6.72. The number of methoxy groups -OCH3 is 1. The van der Waals surface area contributed by atoms with Crippen LogP contribution >= 0.6 is 0 Å². The maximum Gasteiger partial charge on any atom is 0.326 e. The van der Waals surface area contributed by atoms with E-state index in [1.54, 1.807) is 0 Å². The van der Waals surface area contributed by atoms with Gasteiger partial charge in [-0.05, 0) is 25.2 Å². The molecule has 6 heteroatoms. The van der Waals surface area contributed by atoms with Crippen LogP contribution in [0.15, 0.2) is 0 Å². The first kappa shape index (κ1) is 15.9. The predicted octanol–water partition coefficient (Wildman–Crippen LogP) is 0.799. The fraction of sp³-hybridized carbons (Fsp3) is 0.846. The quantitative estimate of drug-likeness (QED) is 0.683. The highest BCUT2D eigenvalue weighted by atomic mass is 16.5. The summed E-state index contributed by atoms with van der Waals surface area (Å²) < 4.78 is 10.1. The molecule has 1 rings (SSSR count). The summed E-state index contributed by atoms with van der Waals surface area (Å²) in [4.78, 5) is 22.7. The van der Waals surface area contributed by atoms with Gasteiger partial charge < -0.3 is 19.9 Å². The second-order valence-electron chi connectivity index (χ2n) is 4.83. The number of hydrogen-bond donors (Lipinski definition) is 2. The van der Waals surface area contributed by atoms with E-state index in [0.717, 1.165) is 32.5 Å². The SMILES string of the molecule is COCCC(NC(=O)CCC1CCOCC1)C(=O)O. The minimum atomic E-state index is -1.02. The summed E-state index contributed by atoms with van der Waals surface area (Å²) in [7, 11) is 1.51. The van der Waals surface area contributed by atoms with Gasteiger partial charge in [0.1, 0.15) is 6.04 Å². The number of aliphatic carboxylic acids is 1. The number of rotatable bonds is 8. The molecule has 0 aromatic rings. The largest absolute Gasteiger partial charge is 0.480 e. The summed E-state index contributed by atoms with van der Waals surface area (Å²) in [5.74, 6) is -0.701. The average Bonchev–Trinajstić information content (AvgIpc) is 2.42. The van der Waals surface area contributed by atoms with Crippen molar-refractivity contribution in [3.8, 4) is 0 Å². The number of carbonyl (C=O) groups excluding carboxylic acids is 1. The molecule has 1 aliphatic rings. The maximum absolute atomic E-state index is 11.7. The highest BCUT2D eigenvalue weighted by molar-refractivity contribution is 5.83. The molecule has 0 aromatic heterocycles. The van der Waals surface area contributed by atoms with Crippen molar-refractivity contribution in [2.45, 2.75) is 38.1 Å². The molecule has 2 N–H and O–H groups in total. The molecule has 0 aliphatic carbocycles. The van der Waals surface area contributed by atoms with Crippen LogP contribution in [-0.4, -0.2) is 50.0 Å². The Kier molecular flexibility index (Phi) is 7.43. The lowest BCUT2D eigenvalue weighted by Crippen LogP contribution is -2.41. The highest BCUT2D eigenvalue weighted by Crippen LogP contribution is 2.19. The van der Waals surface area contributed by atoms with E-state index in [2.05, 4.69) is 5.32 Å². The molecule has 19 heavy (non-hydrogen) atoms. The number of nitrogens with one attached hydrogen (secondary N) is 1. The molecular formula is C13H23NO5. The number of amides is 1. The van der Waals surface area contributed by atoms with Crippen molar-refractivity contribution in [2.24, 2.45) is 5.92 Å². The first-order valence-electron chi connectivity index (χ1n) is 6.72. The lowest BCUT2D eigenvalue weighted by molar-refractivity contribution is -0.142. The van der Waals surface area contributed by atoms with E-state index in [1.807, 2.05) is 0 Å². The standard InChI is InChI=1S/C13H23NO5/c1-18-7-6-11(13(16)17)14-12(15)3-2-10-4-8-19-9-5-10/h10-11H,2-9H2,1H3,(H,14,15)(H,16,17). The Morgan fingerprint density at radius 3 is 2.68 bits per heavy atom. The summed E-state index contributed by atoms with van der Waals surface area (Å²) in [6.07, 6.45) is 3.43. The van der Waals surface area contributed by atoms with E-state index < -0.39 is 12.0 Å². The maximum atomic E-state index is 11.7. The van der Waals surface area contributed by atoms with Gasteiger partial charge in [-0.2, -0.15) is 0 Å². The summed E-state index contributed by atoms with van der Waals surface area (Å²) >= 11 is 0. The van der Waals surface area contributed by atoms with Crippen LogP contribution in [0.1, 0.15) is 32.1 Å². The first-order chi connectivity index (χ1) is 9.13. The molecule has 1 amide bonds. The van der Waals surface area contributed by atoms with E-state index in [1.165, 1.54) is 7.11 Å². The topological polar surface area (TPSA) is 84.9 Å².